The zero-order chi connectivity index (χ0) is 12.8. The molecule has 0 amide bonds. The number of hydrogen-bond acceptors (Lipinski definition) is 4. The molecule has 1 unspecified atom stereocenters. The highest BCUT2D eigenvalue weighted by molar-refractivity contribution is 6.10. The van der Waals surface area contributed by atoms with Gasteiger partial charge in [-0.2, -0.15) is 0 Å². The van der Waals surface area contributed by atoms with Crippen LogP contribution in [0.5, 0.6) is 0 Å². The molecule has 0 aliphatic carbocycles. The van der Waals surface area contributed by atoms with E-state index in [2.05, 4.69) is 0 Å². The second-order valence-electron chi connectivity index (χ2n) is 3.44. The van der Waals surface area contributed by atoms with Crippen molar-refractivity contribution >= 4 is 17.6 Å². The van der Waals surface area contributed by atoms with Gasteiger partial charge in [-0.1, -0.05) is 36.4 Å². The number of rotatable bonds is 5. The highest BCUT2D eigenvalue weighted by Crippen LogP contribution is 2.03. The minimum Gasteiger partial charge on any atom is -0.292 e. The maximum atomic E-state index is 11.5. The van der Waals surface area contributed by atoms with Gasteiger partial charge in [-0.3, -0.25) is 19.7 Å². The molecule has 0 aromatic heterocycles. The van der Waals surface area contributed by atoms with Crippen LogP contribution < -0.4 is 0 Å². The van der Waals surface area contributed by atoms with E-state index in [9.17, 15) is 19.7 Å². The minimum atomic E-state index is -1.80. The van der Waals surface area contributed by atoms with Gasteiger partial charge >= 0.3 is 6.04 Å². The van der Waals surface area contributed by atoms with E-state index in [4.69, 9.17) is 0 Å². The summed E-state index contributed by atoms with van der Waals surface area (Å²) >= 11 is 0. The second kappa shape index (κ2) is 5.69. The Morgan fingerprint density at radius 2 is 1.88 bits per heavy atom. The van der Waals surface area contributed by atoms with E-state index in [1.807, 2.05) is 6.07 Å². The van der Waals surface area contributed by atoms with Gasteiger partial charge in [0.25, 0.3) is 0 Å². The van der Waals surface area contributed by atoms with Crippen LogP contribution in [0, 0.1) is 10.1 Å². The first-order valence-electron chi connectivity index (χ1n) is 4.93. The predicted molar refractivity (Wildman–Crippen MR) is 61.9 cm³/mol. The Bertz CT molecular complexity index is 451. The lowest BCUT2D eigenvalue weighted by molar-refractivity contribution is -0.492. The number of nitro groups is 1. The number of hydrogen-bond donors (Lipinski definition) is 0. The van der Waals surface area contributed by atoms with Gasteiger partial charge in [-0.15, -0.1) is 0 Å². The van der Waals surface area contributed by atoms with Crippen molar-refractivity contribution in [1.82, 2.24) is 0 Å². The van der Waals surface area contributed by atoms with Gasteiger partial charge in [0.1, 0.15) is 0 Å². The van der Waals surface area contributed by atoms with Crippen molar-refractivity contribution in [3.63, 3.8) is 0 Å². The number of carbonyl (C=O) groups excluding carboxylic acids is 2. The van der Waals surface area contributed by atoms with E-state index < -0.39 is 22.5 Å². The summed E-state index contributed by atoms with van der Waals surface area (Å²) in [5.41, 5.74) is 0.742. The second-order valence-corrected chi connectivity index (χ2v) is 3.44. The summed E-state index contributed by atoms with van der Waals surface area (Å²) in [7, 11) is 0. The molecule has 1 aromatic rings. The maximum absolute atomic E-state index is 11.5. The fourth-order valence-corrected chi connectivity index (χ4v) is 1.29. The molecule has 1 atom stereocenters. The third-order valence-corrected chi connectivity index (χ3v) is 2.11. The average Bonchev–Trinajstić information content (AvgIpc) is 2.27. The molecule has 88 valence electrons. The lowest BCUT2D eigenvalue weighted by Crippen LogP contribution is -2.34. The van der Waals surface area contributed by atoms with Gasteiger partial charge in [0, 0.05) is 11.8 Å². The Kier molecular flexibility index (Phi) is 4.28. The Labute approximate surface area is 97.9 Å². The van der Waals surface area contributed by atoms with Gasteiger partial charge in [-0.05, 0) is 11.6 Å². The van der Waals surface area contributed by atoms with Crippen LogP contribution in [-0.2, 0) is 9.59 Å². The first kappa shape index (κ1) is 12.8. The minimum absolute atomic E-state index is 0.742. The van der Waals surface area contributed by atoms with E-state index in [0.29, 0.717) is 0 Å². The van der Waals surface area contributed by atoms with Crippen LogP contribution >= 0.6 is 0 Å². The lowest BCUT2D eigenvalue weighted by Gasteiger charge is -2.00. The van der Waals surface area contributed by atoms with E-state index in [0.717, 1.165) is 18.6 Å². The standard InChI is InChI=1S/C12H11NO4/c1-9(14)12(13(16)17)11(15)8-7-10-5-3-2-4-6-10/h2-8,12H,1H3. The monoisotopic (exact) mass is 233 g/mol. The molecule has 0 heterocycles. The predicted octanol–water partition coefficient (Wildman–Crippen LogP) is 1.50. The number of ketones is 2. The molecule has 17 heavy (non-hydrogen) atoms. The number of carbonyl (C=O) groups is 2. The number of benzene rings is 1. The summed E-state index contributed by atoms with van der Waals surface area (Å²) in [6.07, 6.45) is 2.51. The molecule has 5 heteroatoms. The summed E-state index contributed by atoms with van der Waals surface area (Å²) < 4.78 is 0. The molecule has 0 aliphatic heterocycles. The highest BCUT2D eigenvalue weighted by atomic mass is 16.6. The van der Waals surface area contributed by atoms with Crippen molar-refractivity contribution in [2.75, 3.05) is 0 Å². The van der Waals surface area contributed by atoms with Crippen LogP contribution in [-0.4, -0.2) is 22.5 Å². The SMILES string of the molecule is CC(=O)C(C(=O)C=Cc1ccccc1)[N+](=O)[O-]. The molecule has 0 saturated heterocycles. The normalized spacial score (nSPS) is 12.3. The molecule has 0 bridgehead atoms. The van der Waals surface area contributed by atoms with Crippen LogP contribution in [0.3, 0.4) is 0 Å². The molecule has 0 aliphatic rings. The average molecular weight is 233 g/mol. The van der Waals surface area contributed by atoms with E-state index in [1.54, 1.807) is 24.3 Å². The van der Waals surface area contributed by atoms with E-state index in [1.165, 1.54) is 6.08 Å². The van der Waals surface area contributed by atoms with Crippen LogP contribution in [0.4, 0.5) is 0 Å². The Balaban J connectivity index is 2.81. The van der Waals surface area contributed by atoms with Crippen molar-refractivity contribution in [3.05, 3.63) is 52.1 Å². The molecule has 0 spiro atoms. The van der Waals surface area contributed by atoms with Crippen molar-refractivity contribution < 1.29 is 14.5 Å². The van der Waals surface area contributed by atoms with Gasteiger partial charge in [0.05, 0.1) is 0 Å². The number of nitrogens with zero attached hydrogens (tertiary/aromatic N) is 1. The van der Waals surface area contributed by atoms with E-state index >= 15 is 0 Å². The summed E-state index contributed by atoms with van der Waals surface area (Å²) in [6.45, 7) is 1.03. The Morgan fingerprint density at radius 1 is 1.29 bits per heavy atom. The fourth-order valence-electron chi connectivity index (χ4n) is 1.29. The fraction of sp³-hybridized carbons (Fsp3) is 0.167. The third kappa shape index (κ3) is 3.64. The first-order valence-corrected chi connectivity index (χ1v) is 4.93. The van der Waals surface area contributed by atoms with Crippen molar-refractivity contribution in [2.24, 2.45) is 0 Å². The summed E-state index contributed by atoms with van der Waals surface area (Å²) in [5.74, 6) is -1.58. The molecule has 5 nitrogen and oxygen atoms in total. The molecule has 1 aromatic carbocycles. The van der Waals surface area contributed by atoms with E-state index in [-0.39, 0.29) is 0 Å². The zero-order valence-electron chi connectivity index (χ0n) is 9.20. The van der Waals surface area contributed by atoms with Gasteiger partial charge in [-0.25, -0.2) is 0 Å². The maximum Gasteiger partial charge on any atom is 0.330 e. The van der Waals surface area contributed by atoms with Crippen molar-refractivity contribution in [3.8, 4) is 0 Å². The van der Waals surface area contributed by atoms with Gasteiger partial charge in [0.15, 0.2) is 0 Å². The van der Waals surface area contributed by atoms with Crippen LogP contribution in [0.15, 0.2) is 36.4 Å². The molecular weight excluding hydrogens is 222 g/mol. The van der Waals surface area contributed by atoms with Crippen LogP contribution in [0.1, 0.15) is 12.5 Å². The summed E-state index contributed by atoms with van der Waals surface area (Å²) in [4.78, 5) is 32.0. The Hall–Kier alpha value is -2.30. The smallest absolute Gasteiger partial charge is 0.292 e. The molecule has 0 N–H and O–H groups in total. The third-order valence-electron chi connectivity index (χ3n) is 2.11. The first-order chi connectivity index (χ1) is 8.02. The summed E-state index contributed by atoms with van der Waals surface area (Å²) in [6, 6.07) is 7.07. The highest BCUT2D eigenvalue weighted by Gasteiger charge is 2.32. The molecule has 1 rings (SSSR count). The van der Waals surface area contributed by atoms with Crippen molar-refractivity contribution in [2.45, 2.75) is 13.0 Å². The summed E-state index contributed by atoms with van der Waals surface area (Å²) in [5, 5.41) is 10.5. The van der Waals surface area contributed by atoms with Gasteiger partial charge < -0.3 is 0 Å². The van der Waals surface area contributed by atoms with Crippen LogP contribution in [0.2, 0.25) is 0 Å². The lowest BCUT2D eigenvalue weighted by atomic mass is 10.1. The molecule has 0 saturated carbocycles. The zero-order valence-corrected chi connectivity index (χ0v) is 9.20. The number of Topliss-reactive ketones (excluding diaryl/α,β-unsaturated/α-hetero) is 1. The van der Waals surface area contributed by atoms with Gasteiger partial charge in [0.2, 0.25) is 11.6 Å². The molecule has 0 fully saturated rings. The quantitative estimate of drug-likeness (QED) is 0.334. The Morgan fingerprint density at radius 3 is 2.35 bits per heavy atom. The van der Waals surface area contributed by atoms with Crippen molar-refractivity contribution in [1.29, 1.82) is 0 Å². The largest absolute Gasteiger partial charge is 0.330 e. The van der Waals surface area contributed by atoms with Crippen LogP contribution in [0.25, 0.3) is 6.08 Å². The molecular formula is C12H11NO4. The molecule has 0 radical (unpaired) electrons. The topological polar surface area (TPSA) is 77.3 Å².